The van der Waals surface area contributed by atoms with E-state index < -0.39 is 0 Å². The Balaban J connectivity index is 1.51. The number of carbonyl (C=O) groups is 1. The van der Waals surface area contributed by atoms with Crippen molar-refractivity contribution in [2.24, 2.45) is 7.05 Å². The van der Waals surface area contributed by atoms with Crippen molar-refractivity contribution in [1.29, 1.82) is 0 Å². The molecule has 1 saturated heterocycles. The molecule has 4 rings (SSSR count). The summed E-state index contributed by atoms with van der Waals surface area (Å²) in [6.45, 7) is 4.22. The van der Waals surface area contributed by atoms with Gasteiger partial charge in [0.15, 0.2) is 5.13 Å². The summed E-state index contributed by atoms with van der Waals surface area (Å²) in [5.41, 5.74) is 4.79. The van der Waals surface area contributed by atoms with Crippen molar-refractivity contribution in [2.45, 2.75) is 19.8 Å². The lowest BCUT2D eigenvalue weighted by Crippen LogP contribution is -2.20. The highest BCUT2D eigenvalue weighted by Crippen LogP contribution is 2.27. The van der Waals surface area contributed by atoms with Crippen LogP contribution in [0.15, 0.2) is 36.0 Å². The number of anilines is 2. The molecular formula is C19H21N5OS. The molecule has 6 nitrogen and oxygen atoms in total. The van der Waals surface area contributed by atoms with Gasteiger partial charge < -0.3 is 4.90 Å². The lowest BCUT2D eigenvalue weighted by molar-refractivity contribution is 0.102. The van der Waals surface area contributed by atoms with E-state index in [1.54, 1.807) is 10.9 Å². The van der Waals surface area contributed by atoms with Crippen LogP contribution in [-0.4, -0.2) is 33.8 Å². The van der Waals surface area contributed by atoms with E-state index in [1.165, 1.54) is 29.7 Å². The van der Waals surface area contributed by atoms with Gasteiger partial charge in [-0.15, -0.1) is 11.3 Å². The fourth-order valence-corrected chi connectivity index (χ4v) is 3.95. The minimum Gasteiger partial charge on any atom is -0.371 e. The maximum atomic E-state index is 12.7. The van der Waals surface area contributed by atoms with Gasteiger partial charge in [-0.25, -0.2) is 4.98 Å². The van der Waals surface area contributed by atoms with Crippen molar-refractivity contribution in [3.05, 3.63) is 47.1 Å². The quantitative estimate of drug-likeness (QED) is 0.764. The van der Waals surface area contributed by atoms with Gasteiger partial charge in [-0.3, -0.25) is 14.8 Å². The number of amides is 1. The fraction of sp³-hybridized carbons (Fsp3) is 0.316. The number of aryl methyl sites for hydroxylation is 2. The summed E-state index contributed by atoms with van der Waals surface area (Å²) in [6.07, 6.45) is 6.10. The summed E-state index contributed by atoms with van der Waals surface area (Å²) in [7, 11) is 1.87. The zero-order valence-corrected chi connectivity index (χ0v) is 15.7. The molecule has 0 aliphatic carbocycles. The van der Waals surface area contributed by atoms with Crippen LogP contribution < -0.4 is 10.2 Å². The Kier molecular flexibility index (Phi) is 4.46. The number of thiazole rings is 1. The van der Waals surface area contributed by atoms with Crippen LogP contribution >= 0.6 is 11.3 Å². The minimum absolute atomic E-state index is 0.127. The number of aromatic nitrogens is 3. The predicted molar refractivity (Wildman–Crippen MR) is 105 cm³/mol. The van der Waals surface area contributed by atoms with E-state index in [0.29, 0.717) is 10.7 Å². The predicted octanol–water partition coefficient (Wildman–Crippen LogP) is 3.70. The maximum Gasteiger partial charge on any atom is 0.257 e. The largest absolute Gasteiger partial charge is 0.371 e. The van der Waals surface area contributed by atoms with Crippen LogP contribution in [0.1, 0.15) is 28.8 Å². The van der Waals surface area contributed by atoms with Crippen LogP contribution in [0.2, 0.25) is 0 Å². The van der Waals surface area contributed by atoms with E-state index in [1.807, 2.05) is 36.8 Å². The minimum atomic E-state index is -0.127. The first-order valence-electron chi connectivity index (χ1n) is 8.71. The number of nitrogens with zero attached hydrogens (tertiary/aromatic N) is 4. The smallest absolute Gasteiger partial charge is 0.257 e. The van der Waals surface area contributed by atoms with Gasteiger partial charge in [-0.2, -0.15) is 5.10 Å². The van der Waals surface area contributed by atoms with Crippen molar-refractivity contribution >= 4 is 28.1 Å². The summed E-state index contributed by atoms with van der Waals surface area (Å²) < 4.78 is 1.74. The maximum absolute atomic E-state index is 12.7. The average Bonchev–Trinajstić information content (AvgIpc) is 3.36. The molecule has 0 radical (unpaired) electrons. The van der Waals surface area contributed by atoms with Crippen LogP contribution in [0.4, 0.5) is 10.8 Å². The molecule has 26 heavy (non-hydrogen) atoms. The highest BCUT2D eigenvalue weighted by atomic mass is 32.1. The normalized spacial score (nSPS) is 14.0. The number of hydrogen-bond donors (Lipinski definition) is 1. The van der Waals surface area contributed by atoms with Crippen LogP contribution in [0.3, 0.4) is 0 Å². The van der Waals surface area contributed by atoms with Gasteiger partial charge in [-0.1, -0.05) is 6.07 Å². The second-order valence-electron chi connectivity index (χ2n) is 6.59. The lowest BCUT2D eigenvalue weighted by atomic mass is 10.1. The second-order valence-corrected chi connectivity index (χ2v) is 7.45. The molecule has 0 saturated carbocycles. The number of carbonyl (C=O) groups excluding carboxylic acids is 1. The van der Waals surface area contributed by atoms with Gasteiger partial charge in [0.2, 0.25) is 0 Å². The number of rotatable bonds is 4. The van der Waals surface area contributed by atoms with E-state index in [9.17, 15) is 4.79 Å². The molecule has 1 fully saturated rings. The fourth-order valence-electron chi connectivity index (χ4n) is 3.24. The topological polar surface area (TPSA) is 63.1 Å². The third-order valence-corrected chi connectivity index (χ3v) is 5.40. The average molecular weight is 367 g/mol. The van der Waals surface area contributed by atoms with Crippen LogP contribution in [0.5, 0.6) is 0 Å². The number of nitrogens with one attached hydrogen (secondary N) is 1. The molecule has 134 valence electrons. The van der Waals surface area contributed by atoms with Crippen molar-refractivity contribution in [3.63, 3.8) is 0 Å². The first-order chi connectivity index (χ1) is 12.6. The summed E-state index contributed by atoms with van der Waals surface area (Å²) >= 11 is 1.42. The number of benzene rings is 1. The highest BCUT2D eigenvalue weighted by molar-refractivity contribution is 7.14. The van der Waals surface area contributed by atoms with Gasteiger partial charge in [0.25, 0.3) is 5.91 Å². The summed E-state index contributed by atoms with van der Waals surface area (Å²) in [4.78, 5) is 19.5. The van der Waals surface area contributed by atoms with E-state index in [4.69, 9.17) is 0 Å². The van der Waals surface area contributed by atoms with E-state index in [0.717, 1.165) is 30.0 Å². The molecule has 0 spiro atoms. The standard InChI is InChI=1S/C19H21N5OS/c1-13-5-6-14(9-17(13)24-7-3-4-8-24)18(25)22-19-21-16(12-26-19)15-10-20-23(2)11-15/h5-6,9-12H,3-4,7-8H2,1-2H3,(H,21,22,25). The van der Waals surface area contributed by atoms with Crippen molar-refractivity contribution in [3.8, 4) is 11.3 Å². The zero-order chi connectivity index (χ0) is 18.1. The first kappa shape index (κ1) is 16.8. The van der Waals surface area contributed by atoms with Gasteiger partial charge >= 0.3 is 0 Å². The van der Waals surface area contributed by atoms with Crippen molar-refractivity contribution in [1.82, 2.24) is 14.8 Å². The Morgan fingerprint density at radius 2 is 2.08 bits per heavy atom. The van der Waals surface area contributed by atoms with E-state index >= 15 is 0 Å². The third-order valence-electron chi connectivity index (χ3n) is 4.64. The zero-order valence-electron chi connectivity index (χ0n) is 14.9. The molecule has 7 heteroatoms. The first-order valence-corrected chi connectivity index (χ1v) is 9.59. The molecular weight excluding hydrogens is 346 g/mol. The van der Waals surface area contributed by atoms with Crippen LogP contribution in [-0.2, 0) is 7.05 Å². The van der Waals surface area contributed by atoms with Gasteiger partial charge in [0.1, 0.15) is 0 Å². The highest BCUT2D eigenvalue weighted by Gasteiger charge is 2.17. The Morgan fingerprint density at radius 1 is 1.27 bits per heavy atom. The van der Waals surface area contributed by atoms with E-state index in [-0.39, 0.29) is 5.91 Å². The van der Waals surface area contributed by atoms with Crippen molar-refractivity contribution < 1.29 is 4.79 Å². The molecule has 2 aromatic heterocycles. The van der Waals surface area contributed by atoms with Crippen molar-refractivity contribution in [2.75, 3.05) is 23.3 Å². The van der Waals surface area contributed by atoms with Crippen LogP contribution in [0, 0.1) is 6.92 Å². The number of hydrogen-bond acceptors (Lipinski definition) is 5. The molecule has 0 unspecified atom stereocenters. The molecule has 1 aliphatic heterocycles. The van der Waals surface area contributed by atoms with Crippen LogP contribution in [0.25, 0.3) is 11.3 Å². The monoisotopic (exact) mass is 367 g/mol. The van der Waals surface area contributed by atoms with Gasteiger partial charge in [-0.05, 0) is 37.5 Å². The molecule has 1 amide bonds. The third kappa shape index (κ3) is 3.35. The molecule has 1 aromatic carbocycles. The second kappa shape index (κ2) is 6.92. The lowest BCUT2D eigenvalue weighted by Gasteiger charge is -2.20. The molecule has 3 heterocycles. The molecule has 0 atom stereocenters. The molecule has 1 N–H and O–H groups in total. The summed E-state index contributed by atoms with van der Waals surface area (Å²) in [6, 6.07) is 5.89. The molecule has 3 aromatic rings. The molecule has 0 bridgehead atoms. The molecule has 1 aliphatic rings. The Morgan fingerprint density at radius 3 is 2.81 bits per heavy atom. The summed E-state index contributed by atoms with van der Waals surface area (Å²) in [5.74, 6) is -0.127. The van der Waals surface area contributed by atoms with E-state index in [2.05, 4.69) is 27.2 Å². The van der Waals surface area contributed by atoms with Gasteiger partial charge in [0.05, 0.1) is 11.9 Å². The van der Waals surface area contributed by atoms with Gasteiger partial charge in [0, 0.05) is 48.5 Å². The Bertz CT molecular complexity index is 939. The Labute approximate surface area is 156 Å². The SMILES string of the molecule is Cc1ccc(C(=O)Nc2nc(-c3cnn(C)c3)cs2)cc1N1CCCC1. The summed E-state index contributed by atoms with van der Waals surface area (Å²) in [5, 5.41) is 9.59. The Hall–Kier alpha value is -2.67.